The Morgan fingerprint density at radius 3 is 2.57 bits per heavy atom. The van der Waals surface area contributed by atoms with Gasteiger partial charge in [0.25, 0.3) is 0 Å². The van der Waals surface area contributed by atoms with E-state index in [9.17, 15) is 4.79 Å². The Labute approximate surface area is 129 Å². The fourth-order valence-corrected chi connectivity index (χ4v) is 2.49. The second kappa shape index (κ2) is 6.16. The van der Waals surface area contributed by atoms with Gasteiger partial charge in [0.05, 0.1) is 11.7 Å². The first kappa shape index (κ1) is 15.4. The Bertz CT molecular complexity index is 646. The van der Waals surface area contributed by atoms with Crippen LogP contribution in [0.25, 0.3) is 0 Å². The lowest BCUT2D eigenvalue weighted by Gasteiger charge is -2.31. The van der Waals surface area contributed by atoms with E-state index in [-0.39, 0.29) is 18.3 Å². The molecule has 2 N–H and O–H groups in total. The van der Waals surface area contributed by atoms with E-state index in [1.807, 2.05) is 48.5 Å². The molecule has 21 heavy (non-hydrogen) atoms. The summed E-state index contributed by atoms with van der Waals surface area (Å²) in [6, 6.07) is 14.8. The average molecular weight is 305 g/mol. The maximum Gasteiger partial charge on any atom is 0.244 e. The molecule has 0 bridgehead atoms. The molecule has 2 aromatic rings. The van der Waals surface area contributed by atoms with Gasteiger partial charge in [0.15, 0.2) is 5.75 Å². The zero-order chi connectivity index (χ0) is 14.1. The predicted molar refractivity (Wildman–Crippen MR) is 85.3 cm³/mol. The third-order valence-corrected chi connectivity index (χ3v) is 3.48. The predicted octanol–water partition coefficient (Wildman–Crippen LogP) is 2.75. The molecule has 1 atom stereocenters. The highest BCUT2D eigenvalue weighted by molar-refractivity contribution is 6.01. The number of halogens is 1. The van der Waals surface area contributed by atoms with E-state index in [0.29, 0.717) is 12.2 Å². The third-order valence-electron chi connectivity index (χ3n) is 3.48. The molecular formula is C16H17ClN2O2. The summed E-state index contributed by atoms with van der Waals surface area (Å²) in [4.78, 5) is 13.6. The summed E-state index contributed by atoms with van der Waals surface area (Å²) >= 11 is 0. The summed E-state index contributed by atoms with van der Waals surface area (Å²) in [5.41, 5.74) is 7.70. The molecule has 110 valence electrons. The number of nitrogens with two attached hydrogens (primary N) is 1. The number of ether oxygens (including phenoxy) is 1. The van der Waals surface area contributed by atoms with Crippen LogP contribution in [0.2, 0.25) is 0 Å². The van der Waals surface area contributed by atoms with Crippen LogP contribution in [0, 0.1) is 0 Å². The maximum absolute atomic E-state index is 12.0. The number of benzene rings is 2. The van der Waals surface area contributed by atoms with Crippen molar-refractivity contribution >= 4 is 24.0 Å². The molecule has 0 radical (unpaired) electrons. The lowest BCUT2D eigenvalue weighted by atomic mass is 9.97. The molecule has 4 nitrogen and oxygen atoms in total. The number of para-hydroxylation sites is 2. The number of hydrogen-bond acceptors (Lipinski definition) is 3. The highest BCUT2D eigenvalue weighted by Crippen LogP contribution is 2.37. The van der Waals surface area contributed by atoms with Crippen molar-refractivity contribution in [2.24, 2.45) is 5.73 Å². The minimum atomic E-state index is -0.473. The molecule has 1 unspecified atom stereocenters. The largest absolute Gasteiger partial charge is 0.455 e. The quantitative estimate of drug-likeness (QED) is 0.928. The number of hydrogen-bond donors (Lipinski definition) is 1. The molecule has 1 amide bonds. The zero-order valence-electron chi connectivity index (χ0n) is 11.7. The van der Waals surface area contributed by atoms with Gasteiger partial charge in [-0.3, -0.25) is 4.79 Å². The van der Waals surface area contributed by atoms with Crippen LogP contribution in [0.3, 0.4) is 0 Å². The Balaban J connectivity index is 0.00000161. The van der Waals surface area contributed by atoms with E-state index in [1.54, 1.807) is 11.9 Å². The zero-order valence-corrected chi connectivity index (χ0v) is 12.5. The fraction of sp³-hybridized carbons (Fsp3) is 0.188. The summed E-state index contributed by atoms with van der Waals surface area (Å²) in [5, 5.41) is 0. The highest BCUT2D eigenvalue weighted by atomic mass is 35.5. The van der Waals surface area contributed by atoms with Gasteiger partial charge < -0.3 is 15.4 Å². The monoisotopic (exact) mass is 304 g/mol. The van der Waals surface area contributed by atoms with E-state index in [1.165, 1.54) is 0 Å². The number of likely N-dealkylation sites (N-methyl/N-ethyl adjacent to an activating group) is 1. The summed E-state index contributed by atoms with van der Waals surface area (Å²) < 4.78 is 5.90. The van der Waals surface area contributed by atoms with Crippen molar-refractivity contribution in [2.75, 3.05) is 11.9 Å². The highest BCUT2D eigenvalue weighted by Gasteiger charge is 2.30. The number of fused-ring (bicyclic) bond motifs is 1. The van der Waals surface area contributed by atoms with E-state index < -0.39 is 6.04 Å². The lowest BCUT2D eigenvalue weighted by Crippen LogP contribution is -2.47. The molecule has 5 heteroatoms. The molecule has 1 aliphatic rings. The number of carbonyl (C=O) groups excluding carboxylic acids is 1. The number of amides is 1. The molecule has 0 spiro atoms. The molecule has 3 rings (SSSR count). The first-order chi connectivity index (χ1) is 9.66. The molecule has 0 aliphatic carbocycles. The molecule has 1 aliphatic heterocycles. The number of rotatable bonds is 2. The van der Waals surface area contributed by atoms with Crippen molar-refractivity contribution in [1.29, 1.82) is 0 Å². The lowest BCUT2D eigenvalue weighted by molar-refractivity contribution is -0.119. The first-order valence-corrected chi connectivity index (χ1v) is 6.55. The van der Waals surface area contributed by atoms with E-state index in [2.05, 4.69) is 0 Å². The van der Waals surface area contributed by atoms with Crippen molar-refractivity contribution in [3.05, 3.63) is 54.1 Å². The van der Waals surface area contributed by atoms with Gasteiger partial charge in [-0.1, -0.05) is 30.3 Å². The van der Waals surface area contributed by atoms with Gasteiger partial charge in [-0.25, -0.2) is 0 Å². The molecule has 0 saturated carbocycles. The van der Waals surface area contributed by atoms with Crippen LogP contribution in [0.4, 0.5) is 5.69 Å². The van der Waals surface area contributed by atoms with Gasteiger partial charge in [0.1, 0.15) is 5.75 Å². The van der Waals surface area contributed by atoms with Crippen molar-refractivity contribution in [3.63, 3.8) is 0 Å². The van der Waals surface area contributed by atoms with Crippen LogP contribution in [-0.2, 0) is 11.2 Å². The fourth-order valence-electron chi connectivity index (χ4n) is 2.49. The molecule has 0 fully saturated rings. The minimum absolute atomic E-state index is 0. The molecule has 0 aromatic heterocycles. The summed E-state index contributed by atoms with van der Waals surface area (Å²) in [6.07, 6.45) is 0.546. The number of carbonyl (C=O) groups is 1. The number of nitrogens with zero attached hydrogens (tertiary/aromatic N) is 1. The molecule has 0 saturated heterocycles. The second-order valence-corrected chi connectivity index (χ2v) is 4.89. The topological polar surface area (TPSA) is 55.6 Å². The first-order valence-electron chi connectivity index (χ1n) is 6.55. The van der Waals surface area contributed by atoms with Crippen molar-refractivity contribution in [2.45, 2.75) is 12.5 Å². The summed E-state index contributed by atoms with van der Waals surface area (Å²) in [5.74, 6) is 1.34. The average Bonchev–Trinajstić information content (AvgIpc) is 2.46. The summed E-state index contributed by atoms with van der Waals surface area (Å²) in [6.45, 7) is 0. The maximum atomic E-state index is 12.0. The van der Waals surface area contributed by atoms with Gasteiger partial charge in [0.2, 0.25) is 5.91 Å². The smallest absolute Gasteiger partial charge is 0.244 e. The SMILES string of the molecule is CN1C(=O)C(N)Cc2cccc(Oc3ccccc3)c21.Cl. The molecule has 1 heterocycles. The van der Waals surface area contributed by atoms with Crippen molar-refractivity contribution < 1.29 is 9.53 Å². The standard InChI is InChI=1S/C16H16N2O2.ClH/c1-18-15-11(10-13(17)16(18)19)6-5-9-14(15)20-12-7-3-2-4-8-12;/h2-9,13H,10,17H2,1H3;1H. The second-order valence-electron chi connectivity index (χ2n) is 4.89. The van der Waals surface area contributed by atoms with Gasteiger partial charge in [-0.05, 0) is 30.2 Å². The minimum Gasteiger partial charge on any atom is -0.455 e. The third kappa shape index (κ3) is 2.86. The van der Waals surface area contributed by atoms with Crippen LogP contribution in [0.15, 0.2) is 48.5 Å². The Kier molecular flexibility index (Phi) is 4.50. The Morgan fingerprint density at radius 1 is 1.14 bits per heavy atom. The van der Waals surface area contributed by atoms with Gasteiger partial charge in [-0.2, -0.15) is 0 Å². The normalized spacial score (nSPS) is 17.0. The Hall–Kier alpha value is -2.04. The van der Waals surface area contributed by atoms with E-state index in [4.69, 9.17) is 10.5 Å². The van der Waals surface area contributed by atoms with Crippen LogP contribution < -0.4 is 15.4 Å². The van der Waals surface area contributed by atoms with Crippen LogP contribution in [0.5, 0.6) is 11.5 Å². The van der Waals surface area contributed by atoms with Crippen molar-refractivity contribution in [3.8, 4) is 11.5 Å². The molecule has 2 aromatic carbocycles. The molecular weight excluding hydrogens is 288 g/mol. The van der Waals surface area contributed by atoms with Gasteiger partial charge >= 0.3 is 0 Å². The number of anilines is 1. The Morgan fingerprint density at radius 2 is 1.86 bits per heavy atom. The van der Waals surface area contributed by atoms with Crippen LogP contribution >= 0.6 is 12.4 Å². The van der Waals surface area contributed by atoms with Gasteiger partial charge in [-0.15, -0.1) is 12.4 Å². The van der Waals surface area contributed by atoms with E-state index >= 15 is 0 Å². The van der Waals surface area contributed by atoms with Crippen LogP contribution in [-0.4, -0.2) is 19.0 Å². The van der Waals surface area contributed by atoms with E-state index in [0.717, 1.165) is 17.0 Å². The van der Waals surface area contributed by atoms with Crippen LogP contribution in [0.1, 0.15) is 5.56 Å². The summed E-state index contributed by atoms with van der Waals surface area (Å²) in [7, 11) is 1.73. The van der Waals surface area contributed by atoms with Gasteiger partial charge in [0, 0.05) is 7.05 Å². The van der Waals surface area contributed by atoms with Crippen molar-refractivity contribution in [1.82, 2.24) is 0 Å².